The Morgan fingerprint density at radius 3 is 2.67 bits per heavy atom. The predicted molar refractivity (Wildman–Crippen MR) is 126 cm³/mol. The summed E-state index contributed by atoms with van der Waals surface area (Å²) in [4.78, 5) is 28.1. The molecule has 1 aromatic carbocycles. The summed E-state index contributed by atoms with van der Waals surface area (Å²) in [5.41, 5.74) is 1.30. The molecule has 1 saturated carbocycles. The van der Waals surface area contributed by atoms with E-state index in [1.807, 2.05) is 4.90 Å². The van der Waals surface area contributed by atoms with Crippen LogP contribution in [0.1, 0.15) is 65.8 Å². The van der Waals surface area contributed by atoms with E-state index in [4.69, 9.17) is 0 Å². The number of halogens is 4. The molecule has 2 amide bonds. The number of benzene rings is 1. The zero-order valence-electron chi connectivity index (χ0n) is 20.2. The highest BCUT2D eigenvalue weighted by molar-refractivity contribution is 5.99. The van der Waals surface area contributed by atoms with Gasteiger partial charge in [-0.15, -0.1) is 0 Å². The maximum absolute atomic E-state index is 13.5. The van der Waals surface area contributed by atoms with Crippen LogP contribution in [0.25, 0.3) is 0 Å². The van der Waals surface area contributed by atoms with Gasteiger partial charge < -0.3 is 20.0 Å². The van der Waals surface area contributed by atoms with E-state index >= 15 is 0 Å². The molecule has 0 saturated heterocycles. The average Bonchev–Trinajstić information content (AvgIpc) is 3.42. The van der Waals surface area contributed by atoms with E-state index in [0.29, 0.717) is 25.9 Å². The van der Waals surface area contributed by atoms with E-state index in [0.717, 1.165) is 49.6 Å². The standard InChI is InChI=1S/C26H31F4N3O3/c1-16-15-36-23(26(28,29)30)22(16)25(35)32-20(13-17-5-3-2-4-6-17)24(34)31-10-12-33-11-9-18-14-19(27)7-8-21(18)33/h7-8,14-15,17,20H,2-6,9-13H2,1H3,(H,31,34)(H,32,35)/t20-/m0/s1. The van der Waals surface area contributed by atoms with Crippen molar-refractivity contribution in [3.05, 3.63) is 52.7 Å². The topological polar surface area (TPSA) is 74.6 Å². The van der Waals surface area contributed by atoms with Crippen molar-refractivity contribution in [2.45, 2.75) is 64.1 Å². The van der Waals surface area contributed by atoms with Gasteiger partial charge in [-0.2, -0.15) is 13.2 Å². The summed E-state index contributed by atoms with van der Waals surface area (Å²) in [7, 11) is 0. The first-order valence-corrected chi connectivity index (χ1v) is 12.4. The Kier molecular flexibility index (Phi) is 7.90. The lowest BCUT2D eigenvalue weighted by Crippen LogP contribution is -2.49. The molecule has 0 spiro atoms. The first-order chi connectivity index (χ1) is 17.1. The van der Waals surface area contributed by atoms with E-state index in [1.165, 1.54) is 19.1 Å². The van der Waals surface area contributed by atoms with Gasteiger partial charge in [-0.3, -0.25) is 9.59 Å². The number of rotatable bonds is 8. The number of nitrogens with zero attached hydrogens (tertiary/aromatic N) is 1. The number of nitrogens with one attached hydrogen (secondary N) is 2. The maximum Gasteiger partial charge on any atom is 0.450 e. The van der Waals surface area contributed by atoms with Crippen LogP contribution in [-0.2, 0) is 17.4 Å². The third-order valence-corrected chi connectivity index (χ3v) is 7.09. The fourth-order valence-electron chi connectivity index (χ4n) is 5.26. The second-order valence-corrected chi connectivity index (χ2v) is 9.69. The number of aryl methyl sites for hydroxylation is 1. The molecule has 2 aromatic rings. The Bertz CT molecular complexity index is 1090. The molecular weight excluding hydrogens is 478 g/mol. The van der Waals surface area contributed by atoms with Gasteiger partial charge >= 0.3 is 6.18 Å². The number of anilines is 1. The quantitative estimate of drug-likeness (QED) is 0.492. The molecule has 196 valence electrons. The van der Waals surface area contributed by atoms with Crippen molar-refractivity contribution in [2.75, 3.05) is 24.5 Å². The number of alkyl halides is 3. The SMILES string of the molecule is Cc1coc(C(F)(F)F)c1C(=O)N[C@@H](CC1CCCCC1)C(=O)NCCN1CCc2cc(F)ccc21. The number of fused-ring (bicyclic) bond motifs is 1. The second-order valence-electron chi connectivity index (χ2n) is 9.69. The summed E-state index contributed by atoms with van der Waals surface area (Å²) < 4.78 is 58.1. The average molecular weight is 510 g/mol. The van der Waals surface area contributed by atoms with Gasteiger partial charge in [-0.1, -0.05) is 32.1 Å². The van der Waals surface area contributed by atoms with Gasteiger partial charge in [0.05, 0.1) is 11.8 Å². The summed E-state index contributed by atoms with van der Waals surface area (Å²) >= 11 is 0. The number of amides is 2. The van der Waals surface area contributed by atoms with Gasteiger partial charge in [0.25, 0.3) is 5.91 Å². The molecule has 1 aliphatic carbocycles. The van der Waals surface area contributed by atoms with Crippen molar-refractivity contribution in [1.82, 2.24) is 10.6 Å². The third kappa shape index (κ3) is 6.02. The van der Waals surface area contributed by atoms with Gasteiger partial charge in [0.15, 0.2) is 0 Å². The van der Waals surface area contributed by atoms with Crippen molar-refractivity contribution >= 4 is 17.5 Å². The van der Waals surface area contributed by atoms with Crippen LogP contribution in [0.5, 0.6) is 0 Å². The van der Waals surface area contributed by atoms with Crippen LogP contribution in [0.2, 0.25) is 0 Å². The van der Waals surface area contributed by atoms with E-state index in [9.17, 15) is 27.2 Å². The maximum atomic E-state index is 13.5. The molecule has 0 radical (unpaired) electrons. The summed E-state index contributed by atoms with van der Waals surface area (Å²) in [5.74, 6) is -2.84. The van der Waals surface area contributed by atoms with E-state index in [1.54, 1.807) is 6.07 Å². The minimum atomic E-state index is -4.82. The molecule has 36 heavy (non-hydrogen) atoms. The van der Waals surface area contributed by atoms with E-state index in [2.05, 4.69) is 15.1 Å². The Hall–Kier alpha value is -3.04. The fourth-order valence-corrected chi connectivity index (χ4v) is 5.26. The fraction of sp³-hybridized carbons (Fsp3) is 0.538. The zero-order valence-corrected chi connectivity index (χ0v) is 20.2. The smallest absolute Gasteiger partial charge is 0.450 e. The van der Waals surface area contributed by atoms with Gasteiger partial charge in [-0.25, -0.2) is 4.39 Å². The molecule has 0 bridgehead atoms. The predicted octanol–water partition coefficient (Wildman–Crippen LogP) is 4.99. The molecular formula is C26H31F4N3O3. The molecule has 2 aliphatic rings. The molecule has 2 heterocycles. The van der Waals surface area contributed by atoms with Crippen LogP contribution < -0.4 is 15.5 Å². The molecule has 6 nitrogen and oxygen atoms in total. The largest absolute Gasteiger partial charge is 0.459 e. The lowest BCUT2D eigenvalue weighted by molar-refractivity contribution is -0.153. The molecule has 10 heteroatoms. The van der Waals surface area contributed by atoms with E-state index < -0.39 is 35.4 Å². The first kappa shape index (κ1) is 26.0. The molecule has 1 aliphatic heterocycles. The lowest BCUT2D eigenvalue weighted by Gasteiger charge is -2.27. The number of furan rings is 1. The van der Waals surface area contributed by atoms with Crippen molar-refractivity contribution in [1.29, 1.82) is 0 Å². The van der Waals surface area contributed by atoms with Crippen molar-refractivity contribution in [3.63, 3.8) is 0 Å². The van der Waals surface area contributed by atoms with Crippen LogP contribution in [-0.4, -0.2) is 37.5 Å². The van der Waals surface area contributed by atoms with Crippen molar-refractivity contribution < 1.29 is 31.6 Å². The molecule has 0 unspecified atom stereocenters. The highest BCUT2D eigenvalue weighted by Crippen LogP contribution is 2.35. The van der Waals surface area contributed by atoms with Crippen molar-refractivity contribution in [3.8, 4) is 0 Å². The Labute approximate surface area is 207 Å². The van der Waals surface area contributed by atoms with Gasteiger partial charge in [0, 0.05) is 30.9 Å². The monoisotopic (exact) mass is 509 g/mol. The lowest BCUT2D eigenvalue weighted by atomic mass is 9.84. The van der Waals surface area contributed by atoms with Crippen LogP contribution in [0.4, 0.5) is 23.2 Å². The normalized spacial score (nSPS) is 17.1. The third-order valence-electron chi connectivity index (χ3n) is 7.09. The number of hydrogen-bond acceptors (Lipinski definition) is 4. The highest BCUT2D eigenvalue weighted by Gasteiger charge is 2.41. The van der Waals surface area contributed by atoms with E-state index in [-0.39, 0.29) is 23.8 Å². The molecule has 1 atom stereocenters. The number of carbonyl (C=O) groups is 2. The van der Waals surface area contributed by atoms with Crippen molar-refractivity contribution in [2.24, 2.45) is 5.92 Å². The van der Waals surface area contributed by atoms with Crippen LogP contribution in [0.15, 0.2) is 28.9 Å². The summed E-state index contributed by atoms with van der Waals surface area (Å²) in [6.45, 7) is 2.85. The Morgan fingerprint density at radius 2 is 1.94 bits per heavy atom. The highest BCUT2D eigenvalue weighted by atomic mass is 19.4. The first-order valence-electron chi connectivity index (χ1n) is 12.4. The second kappa shape index (κ2) is 10.9. The Balaban J connectivity index is 1.42. The molecule has 1 fully saturated rings. The van der Waals surface area contributed by atoms with Gasteiger partial charge in [0.2, 0.25) is 11.7 Å². The Morgan fingerprint density at radius 1 is 1.19 bits per heavy atom. The minimum Gasteiger partial charge on any atom is -0.459 e. The summed E-state index contributed by atoms with van der Waals surface area (Å²) in [6.07, 6.45) is 2.16. The van der Waals surface area contributed by atoms with Gasteiger partial charge in [-0.05, 0) is 49.4 Å². The van der Waals surface area contributed by atoms with Crippen LogP contribution >= 0.6 is 0 Å². The number of hydrogen-bond donors (Lipinski definition) is 2. The van der Waals surface area contributed by atoms with Crippen LogP contribution in [0, 0.1) is 18.7 Å². The summed E-state index contributed by atoms with van der Waals surface area (Å²) in [5, 5.41) is 5.39. The molecule has 4 rings (SSSR count). The molecule has 2 N–H and O–H groups in total. The minimum absolute atomic E-state index is 0.0563. The summed E-state index contributed by atoms with van der Waals surface area (Å²) in [6, 6.07) is 3.67. The molecule has 1 aromatic heterocycles. The van der Waals surface area contributed by atoms with Crippen LogP contribution in [0.3, 0.4) is 0 Å². The number of carbonyl (C=O) groups excluding carboxylic acids is 2. The zero-order chi connectivity index (χ0) is 25.9. The van der Waals surface area contributed by atoms with Gasteiger partial charge in [0.1, 0.15) is 11.9 Å².